The standard InChI is InChI=1S/C25H26N2O2/c28-25(27-17-16-21-10-4-5-11-24(21)27)19-26-22-12-14-23(15-13-22)29-18-6-9-20-7-2-1-3-8-20/h1-5,7-8,10-15,26H,6,9,16-19H2. The number of aryl methyl sites for hydroxylation is 1. The van der Waals surface area contributed by atoms with Gasteiger partial charge in [-0.05, 0) is 60.7 Å². The number of fused-ring (bicyclic) bond motifs is 1. The van der Waals surface area contributed by atoms with Crippen molar-refractivity contribution in [2.75, 3.05) is 29.9 Å². The van der Waals surface area contributed by atoms with E-state index in [1.165, 1.54) is 11.1 Å². The fourth-order valence-electron chi connectivity index (χ4n) is 3.65. The van der Waals surface area contributed by atoms with E-state index in [0.29, 0.717) is 6.61 Å². The number of benzene rings is 3. The Bertz CT molecular complexity index is 939. The maximum Gasteiger partial charge on any atom is 0.246 e. The van der Waals surface area contributed by atoms with Gasteiger partial charge < -0.3 is 15.0 Å². The molecule has 1 N–H and O–H groups in total. The number of nitrogens with one attached hydrogen (secondary N) is 1. The van der Waals surface area contributed by atoms with Gasteiger partial charge >= 0.3 is 0 Å². The first-order chi connectivity index (χ1) is 14.3. The van der Waals surface area contributed by atoms with Crippen molar-refractivity contribution in [2.24, 2.45) is 0 Å². The molecule has 0 spiro atoms. The van der Waals surface area contributed by atoms with Crippen LogP contribution in [0.5, 0.6) is 5.75 Å². The fourth-order valence-corrected chi connectivity index (χ4v) is 3.65. The number of rotatable bonds is 8. The zero-order valence-electron chi connectivity index (χ0n) is 16.5. The molecular formula is C25H26N2O2. The van der Waals surface area contributed by atoms with Crippen molar-refractivity contribution in [3.05, 3.63) is 90.0 Å². The lowest BCUT2D eigenvalue weighted by molar-refractivity contribution is -0.116. The summed E-state index contributed by atoms with van der Waals surface area (Å²) in [7, 11) is 0. The van der Waals surface area contributed by atoms with E-state index in [4.69, 9.17) is 4.74 Å². The van der Waals surface area contributed by atoms with Gasteiger partial charge in [0.15, 0.2) is 0 Å². The maximum atomic E-state index is 12.6. The molecule has 0 radical (unpaired) electrons. The Balaban J connectivity index is 1.21. The molecule has 29 heavy (non-hydrogen) atoms. The lowest BCUT2D eigenvalue weighted by Crippen LogP contribution is -2.34. The van der Waals surface area contributed by atoms with Crippen molar-refractivity contribution in [1.82, 2.24) is 0 Å². The molecule has 4 nitrogen and oxygen atoms in total. The van der Waals surface area contributed by atoms with Crippen molar-refractivity contribution < 1.29 is 9.53 Å². The van der Waals surface area contributed by atoms with Crippen LogP contribution in [0.25, 0.3) is 0 Å². The van der Waals surface area contributed by atoms with Crippen LogP contribution in [0.3, 0.4) is 0 Å². The molecule has 0 fully saturated rings. The summed E-state index contributed by atoms with van der Waals surface area (Å²) >= 11 is 0. The van der Waals surface area contributed by atoms with Gasteiger partial charge in [-0.25, -0.2) is 0 Å². The second-order valence-corrected chi connectivity index (χ2v) is 7.24. The van der Waals surface area contributed by atoms with Crippen LogP contribution in [0.15, 0.2) is 78.9 Å². The average Bonchev–Trinajstić information content (AvgIpc) is 3.21. The lowest BCUT2D eigenvalue weighted by Gasteiger charge is -2.18. The largest absolute Gasteiger partial charge is 0.494 e. The molecule has 0 unspecified atom stereocenters. The van der Waals surface area contributed by atoms with Gasteiger partial charge in [-0.15, -0.1) is 0 Å². The maximum absolute atomic E-state index is 12.6. The smallest absolute Gasteiger partial charge is 0.246 e. The van der Waals surface area contributed by atoms with Crippen molar-refractivity contribution >= 4 is 17.3 Å². The second-order valence-electron chi connectivity index (χ2n) is 7.24. The molecule has 1 aliphatic heterocycles. The van der Waals surface area contributed by atoms with Crippen molar-refractivity contribution in [2.45, 2.75) is 19.3 Å². The van der Waals surface area contributed by atoms with E-state index in [0.717, 1.165) is 42.9 Å². The van der Waals surface area contributed by atoms with Crippen LogP contribution >= 0.6 is 0 Å². The molecule has 3 aromatic carbocycles. The summed E-state index contributed by atoms with van der Waals surface area (Å²) < 4.78 is 5.83. The van der Waals surface area contributed by atoms with Gasteiger partial charge in [-0.1, -0.05) is 48.5 Å². The molecule has 0 atom stereocenters. The van der Waals surface area contributed by atoms with E-state index in [9.17, 15) is 4.79 Å². The van der Waals surface area contributed by atoms with Crippen LogP contribution in [0.4, 0.5) is 11.4 Å². The molecule has 4 rings (SSSR count). The average molecular weight is 386 g/mol. The minimum absolute atomic E-state index is 0.0937. The van der Waals surface area contributed by atoms with Crippen molar-refractivity contribution in [1.29, 1.82) is 0 Å². The third-order valence-corrected chi connectivity index (χ3v) is 5.21. The first-order valence-corrected chi connectivity index (χ1v) is 10.2. The molecule has 3 aromatic rings. The fraction of sp³-hybridized carbons (Fsp3) is 0.240. The highest BCUT2D eigenvalue weighted by Crippen LogP contribution is 2.27. The zero-order chi connectivity index (χ0) is 19.9. The first-order valence-electron chi connectivity index (χ1n) is 10.2. The van der Waals surface area contributed by atoms with Gasteiger partial charge in [0, 0.05) is 17.9 Å². The topological polar surface area (TPSA) is 41.6 Å². The van der Waals surface area contributed by atoms with Crippen LogP contribution in [-0.2, 0) is 17.6 Å². The number of para-hydroxylation sites is 1. The minimum atomic E-state index is 0.0937. The van der Waals surface area contributed by atoms with Crippen LogP contribution in [0.1, 0.15) is 17.5 Å². The van der Waals surface area contributed by atoms with Crippen molar-refractivity contribution in [3.63, 3.8) is 0 Å². The summed E-state index contributed by atoms with van der Waals surface area (Å²) in [5.74, 6) is 0.944. The van der Waals surface area contributed by atoms with Gasteiger partial charge in [0.25, 0.3) is 0 Å². The Labute approximate surface area is 172 Å². The van der Waals surface area contributed by atoms with E-state index in [-0.39, 0.29) is 12.5 Å². The minimum Gasteiger partial charge on any atom is -0.494 e. The molecule has 0 aliphatic carbocycles. The third kappa shape index (κ3) is 4.96. The Morgan fingerprint density at radius 3 is 2.52 bits per heavy atom. The molecule has 0 saturated carbocycles. The van der Waals surface area contributed by atoms with Gasteiger partial charge in [-0.2, -0.15) is 0 Å². The van der Waals surface area contributed by atoms with Gasteiger partial charge in [-0.3, -0.25) is 4.79 Å². The predicted molar refractivity (Wildman–Crippen MR) is 118 cm³/mol. The molecule has 0 saturated heterocycles. The SMILES string of the molecule is O=C(CNc1ccc(OCCCc2ccccc2)cc1)N1CCc2ccccc21. The van der Waals surface area contributed by atoms with E-state index < -0.39 is 0 Å². The Morgan fingerprint density at radius 1 is 0.931 bits per heavy atom. The highest BCUT2D eigenvalue weighted by atomic mass is 16.5. The second kappa shape index (κ2) is 9.28. The van der Waals surface area contributed by atoms with E-state index in [1.54, 1.807) is 0 Å². The molecular weight excluding hydrogens is 360 g/mol. The molecule has 0 aromatic heterocycles. The van der Waals surface area contributed by atoms with Gasteiger partial charge in [0.1, 0.15) is 5.75 Å². The Hall–Kier alpha value is -3.27. The zero-order valence-corrected chi connectivity index (χ0v) is 16.5. The van der Waals surface area contributed by atoms with E-state index >= 15 is 0 Å². The summed E-state index contributed by atoms with van der Waals surface area (Å²) in [6.07, 6.45) is 2.93. The number of ether oxygens (including phenoxy) is 1. The number of anilines is 2. The third-order valence-electron chi connectivity index (χ3n) is 5.21. The van der Waals surface area contributed by atoms with Crippen LogP contribution < -0.4 is 15.0 Å². The van der Waals surface area contributed by atoms with E-state index in [1.807, 2.05) is 53.4 Å². The number of carbonyl (C=O) groups is 1. The van der Waals surface area contributed by atoms with Gasteiger partial charge in [0.05, 0.1) is 13.2 Å². The van der Waals surface area contributed by atoms with Crippen LogP contribution in [0, 0.1) is 0 Å². The Kier molecular flexibility index (Phi) is 6.10. The first kappa shape index (κ1) is 19.1. The normalized spacial score (nSPS) is 12.5. The predicted octanol–water partition coefficient (Wildman–Crippen LogP) is 4.70. The number of hydrogen-bond donors (Lipinski definition) is 1. The molecule has 1 heterocycles. The number of hydrogen-bond acceptors (Lipinski definition) is 3. The lowest BCUT2D eigenvalue weighted by atomic mass is 10.1. The van der Waals surface area contributed by atoms with Crippen molar-refractivity contribution in [3.8, 4) is 5.75 Å². The molecule has 0 bridgehead atoms. The highest BCUT2D eigenvalue weighted by Gasteiger charge is 2.23. The summed E-state index contributed by atoms with van der Waals surface area (Å²) in [6, 6.07) is 26.4. The monoisotopic (exact) mass is 386 g/mol. The molecule has 1 amide bonds. The summed E-state index contributed by atoms with van der Waals surface area (Å²) in [5.41, 5.74) is 4.54. The molecule has 4 heteroatoms. The molecule has 148 valence electrons. The number of carbonyl (C=O) groups excluding carboxylic acids is 1. The highest BCUT2D eigenvalue weighted by molar-refractivity contribution is 5.98. The quantitative estimate of drug-likeness (QED) is 0.571. The van der Waals surface area contributed by atoms with Crippen LogP contribution in [-0.4, -0.2) is 25.6 Å². The van der Waals surface area contributed by atoms with E-state index in [2.05, 4.69) is 35.6 Å². The van der Waals surface area contributed by atoms with Gasteiger partial charge in [0.2, 0.25) is 5.91 Å². The Morgan fingerprint density at radius 2 is 1.69 bits per heavy atom. The molecule has 1 aliphatic rings. The summed E-state index contributed by atoms with van der Waals surface area (Å²) in [6.45, 7) is 1.73. The number of amides is 1. The number of nitrogens with zero attached hydrogens (tertiary/aromatic N) is 1. The van der Waals surface area contributed by atoms with Crippen LogP contribution in [0.2, 0.25) is 0 Å². The summed E-state index contributed by atoms with van der Waals surface area (Å²) in [4.78, 5) is 14.4. The summed E-state index contributed by atoms with van der Waals surface area (Å²) in [5, 5.41) is 3.22.